The van der Waals surface area contributed by atoms with Crippen molar-refractivity contribution >= 4 is 23.3 Å². The molecule has 132 valence electrons. The number of amides is 2. The van der Waals surface area contributed by atoms with E-state index in [1.807, 2.05) is 18.2 Å². The number of fused-ring (bicyclic) bond motifs is 3. The third-order valence-corrected chi connectivity index (χ3v) is 4.60. The van der Waals surface area contributed by atoms with Crippen molar-refractivity contribution in [2.24, 2.45) is 0 Å². The lowest BCUT2D eigenvalue weighted by Gasteiger charge is -2.08. The van der Waals surface area contributed by atoms with Crippen LogP contribution in [-0.4, -0.2) is 24.6 Å². The molecule has 0 radical (unpaired) electrons. The lowest BCUT2D eigenvalue weighted by molar-refractivity contribution is 0.0960. The van der Waals surface area contributed by atoms with Crippen LogP contribution in [0.1, 0.15) is 36.6 Å². The molecule has 0 saturated heterocycles. The van der Waals surface area contributed by atoms with Gasteiger partial charge in [0.15, 0.2) is 5.78 Å². The van der Waals surface area contributed by atoms with Crippen LogP contribution in [0, 0.1) is 0 Å². The highest BCUT2D eigenvalue weighted by molar-refractivity contribution is 6.22. The molecule has 3 aromatic carbocycles. The summed E-state index contributed by atoms with van der Waals surface area (Å²) in [6.07, 6.45) is 0. The first-order valence-electron chi connectivity index (χ1n) is 8.50. The molecule has 0 saturated carbocycles. The summed E-state index contributed by atoms with van der Waals surface area (Å²) in [5, 5.41) is 5.32. The Kier molecular flexibility index (Phi) is 4.05. The van der Waals surface area contributed by atoms with E-state index in [9.17, 15) is 14.4 Å². The van der Waals surface area contributed by atoms with E-state index in [0.29, 0.717) is 27.9 Å². The molecule has 0 bridgehead atoms. The molecule has 0 fully saturated rings. The second-order valence-corrected chi connectivity index (χ2v) is 6.25. The second-order valence-electron chi connectivity index (χ2n) is 6.25. The highest BCUT2D eigenvalue weighted by atomic mass is 16.2. The zero-order chi connectivity index (χ0) is 19.0. The van der Waals surface area contributed by atoms with Gasteiger partial charge in [-0.25, -0.2) is 0 Å². The van der Waals surface area contributed by atoms with Crippen LogP contribution in [0.15, 0.2) is 66.7 Å². The normalized spacial score (nSPS) is 11.5. The van der Waals surface area contributed by atoms with E-state index in [1.54, 1.807) is 55.6 Å². The minimum atomic E-state index is -0.337. The molecule has 0 spiro atoms. The number of carbonyl (C=O) groups excluding carboxylic acids is 3. The van der Waals surface area contributed by atoms with Crippen molar-refractivity contribution in [3.63, 3.8) is 0 Å². The van der Waals surface area contributed by atoms with E-state index in [4.69, 9.17) is 0 Å². The van der Waals surface area contributed by atoms with E-state index >= 15 is 0 Å². The van der Waals surface area contributed by atoms with Crippen LogP contribution in [0.5, 0.6) is 0 Å². The van der Waals surface area contributed by atoms with E-state index in [-0.39, 0.29) is 17.6 Å². The minimum Gasteiger partial charge on any atom is -0.355 e. The number of ketones is 1. The Balaban J connectivity index is 1.62. The summed E-state index contributed by atoms with van der Waals surface area (Å²) in [4.78, 5) is 37.0. The highest BCUT2D eigenvalue weighted by Crippen LogP contribution is 2.36. The Bertz CT molecular complexity index is 1100. The Morgan fingerprint density at radius 2 is 1.41 bits per heavy atom. The van der Waals surface area contributed by atoms with Gasteiger partial charge in [0.05, 0.1) is 0 Å². The molecule has 0 atom stereocenters. The van der Waals surface area contributed by atoms with E-state index < -0.39 is 0 Å². The van der Waals surface area contributed by atoms with Gasteiger partial charge in [0, 0.05) is 35.0 Å². The van der Waals surface area contributed by atoms with Gasteiger partial charge in [-0.2, -0.15) is 0 Å². The summed E-state index contributed by atoms with van der Waals surface area (Å²) in [6, 6.07) is 19.2. The number of nitrogens with one attached hydrogen (secondary N) is 2. The molecule has 5 nitrogen and oxygen atoms in total. The van der Waals surface area contributed by atoms with Crippen molar-refractivity contribution in [3.8, 4) is 11.1 Å². The SMILES string of the molecule is CNC(=O)c1cccc(NC(=O)c2ccc3c(c2)C(=O)c2ccccc2-3)c1. The van der Waals surface area contributed by atoms with Crippen molar-refractivity contribution in [1.29, 1.82) is 0 Å². The molecule has 2 N–H and O–H groups in total. The molecule has 3 aromatic rings. The molecule has 0 aromatic heterocycles. The van der Waals surface area contributed by atoms with Gasteiger partial charge in [0.2, 0.25) is 0 Å². The molecule has 2 amide bonds. The molecule has 27 heavy (non-hydrogen) atoms. The van der Waals surface area contributed by atoms with Gasteiger partial charge in [0.25, 0.3) is 11.8 Å². The van der Waals surface area contributed by atoms with Crippen molar-refractivity contribution in [2.75, 3.05) is 12.4 Å². The maximum absolute atomic E-state index is 12.6. The van der Waals surface area contributed by atoms with Crippen LogP contribution in [0.25, 0.3) is 11.1 Å². The van der Waals surface area contributed by atoms with Gasteiger partial charge in [-0.3, -0.25) is 14.4 Å². The summed E-state index contributed by atoms with van der Waals surface area (Å²) in [6.45, 7) is 0. The van der Waals surface area contributed by atoms with Gasteiger partial charge in [0.1, 0.15) is 0 Å². The van der Waals surface area contributed by atoms with Crippen LogP contribution in [0.2, 0.25) is 0 Å². The third kappa shape index (κ3) is 2.89. The maximum atomic E-state index is 12.6. The standard InChI is InChI=1S/C22H16N2O3/c1-23-21(26)13-5-4-6-15(11-13)24-22(27)14-9-10-17-16-7-2-3-8-18(16)20(25)19(17)12-14/h2-12H,1H3,(H,23,26)(H,24,27). The van der Waals surface area contributed by atoms with Crippen LogP contribution in [-0.2, 0) is 0 Å². The summed E-state index contributed by atoms with van der Waals surface area (Å²) in [5.41, 5.74) is 4.27. The van der Waals surface area contributed by atoms with Crippen LogP contribution < -0.4 is 10.6 Å². The number of rotatable bonds is 3. The Labute approximate surface area is 156 Å². The van der Waals surface area contributed by atoms with Crippen LogP contribution in [0.4, 0.5) is 5.69 Å². The zero-order valence-electron chi connectivity index (χ0n) is 14.6. The lowest BCUT2D eigenvalue weighted by atomic mass is 10.0. The number of anilines is 1. The number of carbonyl (C=O) groups is 3. The summed E-state index contributed by atoms with van der Waals surface area (Å²) < 4.78 is 0. The average Bonchev–Trinajstić information content (AvgIpc) is 3.00. The topological polar surface area (TPSA) is 75.3 Å². The largest absolute Gasteiger partial charge is 0.355 e. The van der Waals surface area contributed by atoms with Gasteiger partial charge >= 0.3 is 0 Å². The Morgan fingerprint density at radius 3 is 2.19 bits per heavy atom. The lowest BCUT2D eigenvalue weighted by Crippen LogP contribution is -2.18. The molecule has 0 unspecified atom stereocenters. The predicted octanol–water partition coefficient (Wildman–Crippen LogP) is 3.51. The van der Waals surface area contributed by atoms with Gasteiger partial charge < -0.3 is 10.6 Å². The fourth-order valence-corrected chi connectivity index (χ4v) is 3.26. The highest BCUT2D eigenvalue weighted by Gasteiger charge is 2.27. The number of hydrogen-bond donors (Lipinski definition) is 2. The van der Waals surface area contributed by atoms with Crippen molar-refractivity contribution < 1.29 is 14.4 Å². The molecule has 5 heteroatoms. The second kappa shape index (κ2) is 6.53. The van der Waals surface area contributed by atoms with Crippen LogP contribution in [0.3, 0.4) is 0 Å². The van der Waals surface area contributed by atoms with Crippen molar-refractivity contribution in [3.05, 3.63) is 89.0 Å². The predicted molar refractivity (Wildman–Crippen MR) is 103 cm³/mol. The van der Waals surface area contributed by atoms with Crippen molar-refractivity contribution in [2.45, 2.75) is 0 Å². The molecular weight excluding hydrogens is 340 g/mol. The summed E-state index contributed by atoms with van der Waals surface area (Å²) >= 11 is 0. The first-order valence-corrected chi connectivity index (χ1v) is 8.50. The molecule has 1 aliphatic carbocycles. The fraction of sp³-hybridized carbons (Fsp3) is 0.0455. The quantitative estimate of drug-likeness (QED) is 0.590. The first kappa shape index (κ1) is 16.7. The van der Waals surface area contributed by atoms with Crippen molar-refractivity contribution in [1.82, 2.24) is 5.32 Å². The third-order valence-electron chi connectivity index (χ3n) is 4.60. The Morgan fingerprint density at radius 1 is 0.704 bits per heavy atom. The Hall–Kier alpha value is -3.73. The molecule has 1 aliphatic rings. The van der Waals surface area contributed by atoms with E-state index in [0.717, 1.165) is 11.1 Å². The number of hydrogen-bond acceptors (Lipinski definition) is 3. The van der Waals surface area contributed by atoms with Crippen LogP contribution >= 0.6 is 0 Å². The minimum absolute atomic E-state index is 0.0723. The fourth-order valence-electron chi connectivity index (χ4n) is 3.26. The van der Waals surface area contributed by atoms with Gasteiger partial charge in [-0.1, -0.05) is 36.4 Å². The number of benzene rings is 3. The summed E-state index contributed by atoms with van der Waals surface area (Å²) in [7, 11) is 1.55. The van der Waals surface area contributed by atoms with E-state index in [1.165, 1.54) is 0 Å². The maximum Gasteiger partial charge on any atom is 0.255 e. The molecule has 0 heterocycles. The van der Waals surface area contributed by atoms with Gasteiger partial charge in [-0.05, 0) is 41.5 Å². The molecular formula is C22H16N2O3. The summed E-state index contributed by atoms with van der Waals surface area (Å²) in [5.74, 6) is -0.639. The van der Waals surface area contributed by atoms with Gasteiger partial charge in [-0.15, -0.1) is 0 Å². The molecule has 4 rings (SSSR count). The smallest absolute Gasteiger partial charge is 0.255 e. The van der Waals surface area contributed by atoms with E-state index in [2.05, 4.69) is 10.6 Å². The average molecular weight is 356 g/mol. The monoisotopic (exact) mass is 356 g/mol. The zero-order valence-corrected chi connectivity index (χ0v) is 14.6. The first-order chi connectivity index (χ1) is 13.1. The molecule has 0 aliphatic heterocycles.